The Hall–Kier alpha value is -1.65. The van der Waals surface area contributed by atoms with Crippen molar-refractivity contribution in [3.05, 3.63) is 97.2 Å². The van der Waals surface area contributed by atoms with Crippen LogP contribution in [0.1, 0.15) is 25.7 Å². The van der Waals surface area contributed by atoms with E-state index in [1.807, 2.05) is 0 Å². The predicted octanol–water partition coefficient (Wildman–Crippen LogP) is 6.28. The summed E-state index contributed by atoms with van der Waals surface area (Å²) in [5, 5.41) is 0. The molecule has 0 aromatic carbocycles. The van der Waals surface area contributed by atoms with E-state index in [0.717, 1.165) is 22.6 Å². The molecule has 0 bridgehead atoms. The van der Waals surface area contributed by atoms with E-state index in [-0.39, 0.29) is 0 Å². The second-order valence-electron chi connectivity index (χ2n) is 7.62. The van der Waals surface area contributed by atoms with Gasteiger partial charge in [0.25, 0.3) is 0 Å². The molecule has 4 atom stereocenters. The molecule has 0 aliphatic heterocycles. The third kappa shape index (κ3) is 3.13. The van der Waals surface area contributed by atoms with E-state index in [4.69, 9.17) is 0 Å². The van der Waals surface area contributed by atoms with Crippen molar-refractivity contribution in [2.75, 3.05) is 0 Å². The molecule has 0 aromatic heterocycles. The average molecular weight is 348 g/mol. The van der Waals surface area contributed by atoms with Gasteiger partial charge in [-0.2, -0.15) is 0 Å². The Morgan fingerprint density at radius 2 is 0.680 bits per heavy atom. The monoisotopic (exact) mass is 348 g/mol. The van der Waals surface area contributed by atoms with Crippen molar-refractivity contribution in [2.24, 2.45) is 0 Å². The Labute approximate surface area is 153 Å². The van der Waals surface area contributed by atoms with Crippen LogP contribution in [-0.4, -0.2) is 22.6 Å². The van der Waals surface area contributed by atoms with Crippen LogP contribution in [-0.2, 0) is 0 Å². The van der Waals surface area contributed by atoms with Crippen LogP contribution in [0.15, 0.2) is 97.2 Å². The van der Waals surface area contributed by atoms with E-state index in [9.17, 15) is 0 Å². The third-order valence-corrected chi connectivity index (χ3v) is 13.3. The molecule has 0 N–H and O–H groups in total. The molecule has 4 rings (SSSR count). The number of hydrogen-bond donors (Lipinski definition) is 0. The second kappa shape index (κ2) is 7.71. The summed E-state index contributed by atoms with van der Waals surface area (Å²) in [6.07, 6.45) is 42.9. The topological polar surface area (TPSA) is 0 Å². The number of hydrogen-bond acceptors (Lipinski definition) is 0. The first-order chi connectivity index (χ1) is 12.4. The standard InChI is InChI=1S/C24H29P/c1-5-13-21(14-6-1)25(22-15-7-2-8-16-22,23-17-9-3-10-18-23)24-19-11-4-12-20-24/h1-13,15,17,19,21-25H,14,16,18,20H2. The van der Waals surface area contributed by atoms with Gasteiger partial charge >= 0.3 is 153 Å². The van der Waals surface area contributed by atoms with Gasteiger partial charge in [-0.3, -0.25) is 0 Å². The first-order valence-corrected chi connectivity index (χ1v) is 12.1. The minimum atomic E-state index is -1.74. The van der Waals surface area contributed by atoms with Crippen LogP contribution in [0.3, 0.4) is 0 Å². The molecule has 0 saturated heterocycles. The molecule has 4 aliphatic rings. The van der Waals surface area contributed by atoms with Gasteiger partial charge in [0.15, 0.2) is 0 Å². The van der Waals surface area contributed by atoms with Crippen molar-refractivity contribution >= 4 is 7.26 Å². The predicted molar refractivity (Wildman–Crippen MR) is 115 cm³/mol. The SMILES string of the molecule is C1=CCC([PH](C2C=CC=CC2)(C2C=CC=CC2)C2C=CC=CC2)C=C1. The number of allylic oxidation sites excluding steroid dienone is 16. The molecule has 0 aromatic rings. The summed E-state index contributed by atoms with van der Waals surface area (Å²) in [6.45, 7) is 0. The molecular formula is C24H29P. The van der Waals surface area contributed by atoms with E-state index in [1.165, 1.54) is 25.7 Å². The summed E-state index contributed by atoms with van der Waals surface area (Å²) in [5.41, 5.74) is 2.89. The average Bonchev–Trinajstić information content (AvgIpc) is 2.72. The van der Waals surface area contributed by atoms with Crippen molar-refractivity contribution in [3.8, 4) is 0 Å². The Bertz CT molecular complexity index is 585. The molecule has 1 heteroatoms. The van der Waals surface area contributed by atoms with Crippen LogP contribution < -0.4 is 0 Å². The number of rotatable bonds is 4. The fourth-order valence-electron chi connectivity index (χ4n) is 5.46. The van der Waals surface area contributed by atoms with E-state index < -0.39 is 7.26 Å². The van der Waals surface area contributed by atoms with Crippen LogP contribution in [0, 0.1) is 0 Å². The summed E-state index contributed by atoms with van der Waals surface area (Å²) >= 11 is 0. The van der Waals surface area contributed by atoms with Gasteiger partial charge in [0, 0.05) is 0 Å². The van der Waals surface area contributed by atoms with Crippen LogP contribution in [0.4, 0.5) is 0 Å². The van der Waals surface area contributed by atoms with Crippen molar-refractivity contribution in [3.63, 3.8) is 0 Å². The quantitative estimate of drug-likeness (QED) is 0.525. The van der Waals surface area contributed by atoms with Gasteiger partial charge in [-0.15, -0.1) is 0 Å². The molecule has 0 heterocycles. The summed E-state index contributed by atoms with van der Waals surface area (Å²) in [4.78, 5) is 0. The summed E-state index contributed by atoms with van der Waals surface area (Å²) < 4.78 is 0. The summed E-state index contributed by atoms with van der Waals surface area (Å²) in [6, 6.07) is 0. The molecule has 0 fully saturated rings. The van der Waals surface area contributed by atoms with Gasteiger partial charge in [0.2, 0.25) is 0 Å². The van der Waals surface area contributed by atoms with Crippen LogP contribution in [0.2, 0.25) is 0 Å². The van der Waals surface area contributed by atoms with Gasteiger partial charge < -0.3 is 0 Å². The second-order valence-corrected chi connectivity index (χ2v) is 12.6. The molecule has 0 saturated carbocycles. The van der Waals surface area contributed by atoms with Crippen LogP contribution >= 0.6 is 7.26 Å². The molecule has 4 unspecified atom stereocenters. The summed E-state index contributed by atoms with van der Waals surface area (Å²) in [7, 11) is -1.74. The zero-order valence-electron chi connectivity index (χ0n) is 14.9. The molecule has 0 nitrogen and oxygen atoms in total. The van der Waals surface area contributed by atoms with Crippen molar-refractivity contribution in [1.29, 1.82) is 0 Å². The van der Waals surface area contributed by atoms with E-state index in [1.54, 1.807) is 0 Å². The Morgan fingerprint density at radius 3 is 0.880 bits per heavy atom. The molecular weight excluding hydrogens is 319 g/mol. The zero-order valence-corrected chi connectivity index (χ0v) is 15.9. The molecule has 130 valence electrons. The van der Waals surface area contributed by atoms with Crippen LogP contribution in [0.5, 0.6) is 0 Å². The Kier molecular flexibility index (Phi) is 5.18. The minimum absolute atomic E-state index is 0.723. The Balaban J connectivity index is 1.83. The molecule has 0 radical (unpaired) electrons. The van der Waals surface area contributed by atoms with Gasteiger partial charge in [-0.05, 0) is 0 Å². The van der Waals surface area contributed by atoms with Crippen molar-refractivity contribution < 1.29 is 0 Å². The maximum atomic E-state index is 2.55. The fourth-order valence-corrected chi connectivity index (χ4v) is 12.7. The van der Waals surface area contributed by atoms with Crippen molar-refractivity contribution in [2.45, 2.75) is 48.3 Å². The third-order valence-electron chi connectivity index (χ3n) is 6.49. The maximum absolute atomic E-state index is 2.55. The van der Waals surface area contributed by atoms with Gasteiger partial charge in [0.05, 0.1) is 0 Å². The molecule has 25 heavy (non-hydrogen) atoms. The molecule has 0 amide bonds. The van der Waals surface area contributed by atoms with Crippen LogP contribution in [0.25, 0.3) is 0 Å². The summed E-state index contributed by atoms with van der Waals surface area (Å²) in [5.74, 6) is 0. The molecule has 4 aliphatic carbocycles. The normalized spacial score (nSPS) is 33.9. The zero-order chi connectivity index (χ0) is 17.0. The van der Waals surface area contributed by atoms with E-state index in [0.29, 0.717) is 0 Å². The Morgan fingerprint density at radius 1 is 0.400 bits per heavy atom. The molecule has 0 spiro atoms. The first kappa shape index (κ1) is 16.8. The first-order valence-electron chi connectivity index (χ1n) is 9.75. The van der Waals surface area contributed by atoms with Gasteiger partial charge in [-0.25, -0.2) is 0 Å². The van der Waals surface area contributed by atoms with E-state index >= 15 is 0 Å². The van der Waals surface area contributed by atoms with Crippen molar-refractivity contribution in [1.82, 2.24) is 0 Å². The van der Waals surface area contributed by atoms with E-state index in [2.05, 4.69) is 97.2 Å². The fraction of sp³-hybridized carbons (Fsp3) is 0.333. The van der Waals surface area contributed by atoms with Gasteiger partial charge in [0.1, 0.15) is 0 Å². The van der Waals surface area contributed by atoms with Gasteiger partial charge in [-0.1, -0.05) is 0 Å².